The van der Waals surface area contributed by atoms with Gasteiger partial charge in [0.2, 0.25) is 5.91 Å². The average molecular weight is 613 g/mol. The van der Waals surface area contributed by atoms with Crippen molar-refractivity contribution in [2.75, 3.05) is 11.1 Å². The Kier molecular flexibility index (Phi) is 9.36. The number of phenolic OH excluding ortho intramolecular Hbond substituents is 1. The molecular formula is C31H31F3N4O6. The minimum Gasteiger partial charge on any atom is -0.508 e. The van der Waals surface area contributed by atoms with Crippen molar-refractivity contribution < 1.29 is 37.7 Å². The highest BCUT2D eigenvalue weighted by molar-refractivity contribution is 5.89. The third-order valence-corrected chi connectivity index (χ3v) is 7.14. The molecule has 10 nitrogen and oxygen atoms in total. The van der Waals surface area contributed by atoms with Crippen LogP contribution < -0.4 is 26.7 Å². The number of benzene rings is 3. The number of aliphatic carboxylic acids is 1. The first-order valence-electron chi connectivity index (χ1n) is 13.6. The van der Waals surface area contributed by atoms with Crippen LogP contribution in [0, 0.1) is 0 Å². The number of nitrogens with two attached hydrogens (primary N) is 1. The number of carbonyl (C=O) groups is 2. The van der Waals surface area contributed by atoms with Crippen molar-refractivity contribution in [1.29, 1.82) is 0 Å². The highest BCUT2D eigenvalue weighted by Gasteiger charge is 2.33. The van der Waals surface area contributed by atoms with E-state index in [0.717, 1.165) is 6.07 Å². The molecule has 232 valence electrons. The molecule has 0 saturated carbocycles. The van der Waals surface area contributed by atoms with Crippen LogP contribution in [-0.2, 0) is 9.59 Å². The second kappa shape index (κ2) is 13.0. The number of rotatable bonds is 11. The van der Waals surface area contributed by atoms with Crippen molar-refractivity contribution in [1.82, 2.24) is 10.3 Å². The molecule has 4 rings (SSSR count). The molecule has 1 unspecified atom stereocenters. The van der Waals surface area contributed by atoms with E-state index < -0.39 is 36.1 Å². The fourth-order valence-electron chi connectivity index (χ4n) is 4.89. The number of alkyl halides is 3. The molecule has 4 aromatic rings. The van der Waals surface area contributed by atoms with Gasteiger partial charge in [-0.15, -0.1) is 13.2 Å². The van der Waals surface area contributed by atoms with Crippen LogP contribution in [0.1, 0.15) is 61.4 Å². The molecule has 0 aliphatic heterocycles. The summed E-state index contributed by atoms with van der Waals surface area (Å²) in [6.07, 6.45) is -3.30. The predicted molar refractivity (Wildman–Crippen MR) is 158 cm³/mol. The average Bonchev–Trinajstić information content (AvgIpc) is 2.95. The first kappa shape index (κ1) is 31.7. The molecule has 13 heteroatoms. The van der Waals surface area contributed by atoms with Crippen molar-refractivity contribution in [3.8, 4) is 11.5 Å². The lowest BCUT2D eigenvalue weighted by Crippen LogP contribution is -2.35. The van der Waals surface area contributed by atoms with Crippen molar-refractivity contribution in [3.63, 3.8) is 0 Å². The molecule has 0 aliphatic carbocycles. The molecule has 1 aromatic heterocycles. The summed E-state index contributed by atoms with van der Waals surface area (Å²) in [6.45, 7) is 3.23. The van der Waals surface area contributed by atoms with Gasteiger partial charge in [-0.1, -0.05) is 25.1 Å². The summed E-state index contributed by atoms with van der Waals surface area (Å²) < 4.78 is 43.3. The van der Waals surface area contributed by atoms with Crippen LogP contribution in [0.5, 0.6) is 11.5 Å². The molecule has 3 atom stereocenters. The lowest BCUT2D eigenvalue weighted by molar-refractivity contribution is -0.275. The van der Waals surface area contributed by atoms with E-state index in [1.54, 1.807) is 43.3 Å². The maximum Gasteiger partial charge on any atom is 0.573 e. The number of nitrogens with one attached hydrogen (secondary N) is 3. The van der Waals surface area contributed by atoms with E-state index in [-0.39, 0.29) is 41.3 Å². The van der Waals surface area contributed by atoms with Crippen molar-refractivity contribution in [3.05, 3.63) is 93.9 Å². The molecule has 0 spiro atoms. The first-order chi connectivity index (χ1) is 20.7. The van der Waals surface area contributed by atoms with E-state index in [4.69, 9.17) is 10.8 Å². The van der Waals surface area contributed by atoms with E-state index in [9.17, 15) is 32.7 Å². The number of amides is 1. The van der Waals surface area contributed by atoms with Gasteiger partial charge in [-0.2, -0.15) is 0 Å². The molecule has 1 amide bonds. The number of H-pyrrole nitrogens is 1. The summed E-state index contributed by atoms with van der Waals surface area (Å²) >= 11 is 0. The number of carbonyl (C=O) groups excluding carboxylic acids is 1. The van der Waals surface area contributed by atoms with Crippen LogP contribution in [0.25, 0.3) is 10.8 Å². The molecule has 0 bridgehead atoms. The van der Waals surface area contributed by atoms with Crippen LogP contribution in [0.4, 0.5) is 24.5 Å². The van der Waals surface area contributed by atoms with Gasteiger partial charge in [-0.25, -0.2) is 0 Å². The number of aromatic hydroxyl groups is 1. The highest BCUT2D eigenvalue weighted by Crippen LogP contribution is 2.35. The number of phenols is 1. The third-order valence-electron chi connectivity index (χ3n) is 7.14. The van der Waals surface area contributed by atoms with E-state index in [2.05, 4.69) is 20.4 Å². The van der Waals surface area contributed by atoms with E-state index >= 15 is 0 Å². The zero-order valence-electron chi connectivity index (χ0n) is 23.7. The van der Waals surface area contributed by atoms with Gasteiger partial charge in [0, 0.05) is 34.9 Å². The third kappa shape index (κ3) is 7.79. The number of ether oxygens (including phenoxy) is 1. The van der Waals surface area contributed by atoms with E-state index in [1.807, 2.05) is 0 Å². The number of halogens is 3. The van der Waals surface area contributed by atoms with Gasteiger partial charge in [0.15, 0.2) is 0 Å². The Bertz CT molecular complexity index is 1740. The Morgan fingerprint density at radius 1 is 1.02 bits per heavy atom. The largest absolute Gasteiger partial charge is 0.573 e. The van der Waals surface area contributed by atoms with E-state index in [0.29, 0.717) is 27.6 Å². The number of hydrogen-bond acceptors (Lipinski definition) is 7. The Labute approximate surface area is 249 Å². The maximum atomic E-state index is 13.8. The van der Waals surface area contributed by atoms with Gasteiger partial charge in [0.1, 0.15) is 17.5 Å². The lowest BCUT2D eigenvalue weighted by atomic mass is 9.92. The Balaban J connectivity index is 1.69. The van der Waals surface area contributed by atoms with Crippen LogP contribution in [-0.4, -0.2) is 33.4 Å². The summed E-state index contributed by atoms with van der Waals surface area (Å²) in [7, 11) is 0. The molecule has 0 saturated heterocycles. The standard InChI is InChI=1S/C31H31F3N4O6/c1-16(3-10-27(40)41)22-8-5-19(13-25(22)39)28(38-21-7-4-18-11-12-36-29(42)24(18)15-21)30(43)37-17(2)23-14-20(35)6-9-26(23)44-31(32,33)34/h4-9,11-17,28,38-39H,3,10,35H2,1-2H3,(H,36,42)(H,37,43)(H,40,41)/t16-,17+,28?/m0/s1. The molecule has 44 heavy (non-hydrogen) atoms. The molecule has 0 aliphatic rings. The summed E-state index contributed by atoms with van der Waals surface area (Å²) in [5, 5.41) is 26.6. The van der Waals surface area contributed by atoms with Crippen molar-refractivity contribution >= 4 is 34.0 Å². The molecular weight excluding hydrogens is 581 g/mol. The van der Waals surface area contributed by atoms with Gasteiger partial charge in [0.25, 0.3) is 5.56 Å². The molecule has 0 fully saturated rings. The highest BCUT2D eigenvalue weighted by atomic mass is 19.4. The number of fused-ring (bicyclic) bond motifs is 1. The minimum atomic E-state index is -4.98. The summed E-state index contributed by atoms with van der Waals surface area (Å²) in [4.78, 5) is 39.7. The second-order valence-electron chi connectivity index (χ2n) is 10.4. The van der Waals surface area contributed by atoms with Crippen molar-refractivity contribution in [2.24, 2.45) is 0 Å². The fourth-order valence-corrected chi connectivity index (χ4v) is 4.89. The zero-order valence-corrected chi connectivity index (χ0v) is 23.7. The Morgan fingerprint density at radius 2 is 1.77 bits per heavy atom. The predicted octanol–water partition coefficient (Wildman–Crippen LogP) is 5.71. The number of carboxylic acid groups (broad SMARTS) is 1. The Morgan fingerprint density at radius 3 is 2.45 bits per heavy atom. The monoisotopic (exact) mass is 612 g/mol. The normalized spacial score (nSPS) is 13.6. The van der Waals surface area contributed by atoms with Crippen LogP contribution in [0.3, 0.4) is 0 Å². The fraction of sp³-hybridized carbons (Fsp3) is 0.258. The number of pyridine rings is 1. The second-order valence-corrected chi connectivity index (χ2v) is 10.4. The SMILES string of the molecule is C[C@@H](CCC(=O)O)c1ccc(C(Nc2ccc3cc[nH]c(=O)c3c2)C(=O)N[C@H](C)c2cc(N)ccc2OC(F)(F)F)cc1O. The topological polar surface area (TPSA) is 167 Å². The zero-order chi connectivity index (χ0) is 32.2. The number of carboxylic acids is 1. The van der Waals surface area contributed by atoms with Gasteiger partial charge in [-0.3, -0.25) is 14.4 Å². The summed E-state index contributed by atoms with van der Waals surface area (Å²) in [6, 6.07) is 12.5. The lowest BCUT2D eigenvalue weighted by Gasteiger charge is -2.25. The quantitative estimate of drug-likeness (QED) is 0.117. The molecule has 1 heterocycles. The van der Waals surface area contributed by atoms with Crippen LogP contribution >= 0.6 is 0 Å². The van der Waals surface area contributed by atoms with Gasteiger partial charge in [-0.05, 0) is 78.2 Å². The minimum absolute atomic E-state index is 0.0166. The number of aromatic amines is 1. The number of nitrogen functional groups attached to an aromatic ring is 1. The van der Waals surface area contributed by atoms with E-state index in [1.165, 1.54) is 31.3 Å². The molecule has 3 aromatic carbocycles. The molecule has 7 N–H and O–H groups in total. The van der Waals surface area contributed by atoms with Gasteiger partial charge in [0.05, 0.1) is 6.04 Å². The van der Waals surface area contributed by atoms with Crippen LogP contribution in [0.15, 0.2) is 71.7 Å². The number of anilines is 2. The van der Waals surface area contributed by atoms with Crippen LogP contribution in [0.2, 0.25) is 0 Å². The van der Waals surface area contributed by atoms with Crippen molar-refractivity contribution in [2.45, 2.75) is 51.1 Å². The summed E-state index contributed by atoms with van der Waals surface area (Å²) in [5.41, 5.74) is 6.76. The first-order valence-corrected chi connectivity index (χ1v) is 13.6. The van der Waals surface area contributed by atoms with Gasteiger partial charge >= 0.3 is 12.3 Å². The summed E-state index contributed by atoms with van der Waals surface area (Å²) in [5.74, 6) is -2.65. The Hall–Kier alpha value is -5.20. The number of hydrogen-bond donors (Lipinski definition) is 6. The smallest absolute Gasteiger partial charge is 0.508 e. The molecule has 0 radical (unpaired) electrons. The maximum absolute atomic E-state index is 13.8. The number of aromatic nitrogens is 1. The van der Waals surface area contributed by atoms with Gasteiger partial charge < -0.3 is 36.3 Å².